The van der Waals surface area contributed by atoms with E-state index in [0.717, 1.165) is 25.7 Å². The Labute approximate surface area is 188 Å². The lowest BCUT2D eigenvalue weighted by Gasteiger charge is -2.54. The molecular formula is C26H54O4. The van der Waals surface area contributed by atoms with Crippen molar-refractivity contribution in [3.8, 4) is 0 Å². The molecule has 30 heavy (non-hydrogen) atoms. The van der Waals surface area contributed by atoms with Crippen molar-refractivity contribution in [2.24, 2.45) is 0 Å². The Morgan fingerprint density at radius 1 is 0.500 bits per heavy atom. The maximum absolute atomic E-state index is 6.71. The third-order valence-corrected chi connectivity index (χ3v) is 4.86. The van der Waals surface area contributed by atoms with Gasteiger partial charge in [0.25, 0.3) is 0 Å². The molecule has 0 amide bonds. The molecule has 0 aliphatic heterocycles. The molecule has 0 fully saturated rings. The summed E-state index contributed by atoms with van der Waals surface area (Å²) in [7, 11) is 1.78. The van der Waals surface area contributed by atoms with Gasteiger partial charge in [0.2, 0.25) is 0 Å². The largest absolute Gasteiger partial charge is 0.370 e. The van der Waals surface area contributed by atoms with Crippen LogP contribution in [0, 0.1) is 0 Å². The van der Waals surface area contributed by atoms with E-state index in [9.17, 15) is 0 Å². The van der Waals surface area contributed by atoms with Gasteiger partial charge in [-0.15, -0.1) is 0 Å². The number of ether oxygens (including phenoxy) is 4. The summed E-state index contributed by atoms with van der Waals surface area (Å²) in [5.74, 6) is -1.31. The maximum atomic E-state index is 6.71. The van der Waals surface area contributed by atoms with E-state index in [0.29, 0.717) is 0 Å². The van der Waals surface area contributed by atoms with Crippen LogP contribution in [-0.2, 0) is 18.9 Å². The molecule has 0 saturated heterocycles. The minimum atomic E-state index is -1.31. The van der Waals surface area contributed by atoms with Crippen LogP contribution in [0.15, 0.2) is 0 Å². The van der Waals surface area contributed by atoms with Gasteiger partial charge in [0.1, 0.15) is 5.60 Å². The first-order chi connectivity index (χ1) is 13.6. The predicted octanol–water partition coefficient (Wildman–Crippen LogP) is 8.02. The number of unbranched alkanes of at least 4 members (excludes halogenated alkanes) is 5. The second kappa shape index (κ2) is 12.2. The van der Waals surface area contributed by atoms with Crippen LogP contribution in [0.4, 0.5) is 0 Å². The van der Waals surface area contributed by atoms with Gasteiger partial charge >= 0.3 is 5.97 Å². The molecule has 0 aromatic carbocycles. The summed E-state index contributed by atoms with van der Waals surface area (Å²) in [5, 5.41) is 0. The van der Waals surface area contributed by atoms with E-state index >= 15 is 0 Å². The van der Waals surface area contributed by atoms with E-state index in [1.165, 1.54) is 32.1 Å². The van der Waals surface area contributed by atoms with E-state index in [-0.39, 0.29) is 0 Å². The van der Waals surface area contributed by atoms with Crippen molar-refractivity contribution in [2.75, 3.05) is 7.11 Å². The Balaban J connectivity index is 6.19. The van der Waals surface area contributed by atoms with Crippen LogP contribution in [0.5, 0.6) is 0 Å². The van der Waals surface area contributed by atoms with Crippen LogP contribution in [0.2, 0.25) is 0 Å². The van der Waals surface area contributed by atoms with E-state index < -0.39 is 28.4 Å². The smallest absolute Gasteiger partial charge is 0.315 e. The number of methoxy groups -OCH3 is 1. The molecule has 0 radical (unpaired) electrons. The van der Waals surface area contributed by atoms with Crippen molar-refractivity contribution in [3.05, 3.63) is 0 Å². The van der Waals surface area contributed by atoms with Crippen LogP contribution in [0.3, 0.4) is 0 Å². The summed E-state index contributed by atoms with van der Waals surface area (Å²) in [6.45, 7) is 22.9. The number of hydrogen-bond acceptors (Lipinski definition) is 4. The van der Waals surface area contributed by atoms with Crippen LogP contribution in [0.1, 0.15) is 134 Å². The van der Waals surface area contributed by atoms with Gasteiger partial charge in [0, 0.05) is 7.11 Å². The topological polar surface area (TPSA) is 36.9 Å². The van der Waals surface area contributed by atoms with E-state index in [4.69, 9.17) is 18.9 Å². The lowest BCUT2D eigenvalue weighted by molar-refractivity contribution is -0.498. The van der Waals surface area contributed by atoms with Crippen LogP contribution in [-0.4, -0.2) is 35.5 Å². The van der Waals surface area contributed by atoms with Crippen LogP contribution < -0.4 is 0 Å². The average molecular weight is 431 g/mol. The highest BCUT2D eigenvalue weighted by molar-refractivity contribution is 4.95. The molecule has 0 aliphatic rings. The summed E-state index contributed by atoms with van der Waals surface area (Å²) in [6.07, 6.45) is 9.98. The first-order valence-electron chi connectivity index (χ1n) is 12.2. The molecule has 1 unspecified atom stereocenters. The zero-order valence-corrected chi connectivity index (χ0v) is 22.5. The fourth-order valence-electron chi connectivity index (χ4n) is 3.91. The Morgan fingerprint density at radius 2 is 0.900 bits per heavy atom. The van der Waals surface area contributed by atoms with E-state index in [1.807, 2.05) is 0 Å². The maximum Gasteiger partial charge on any atom is 0.315 e. The molecule has 0 N–H and O–H groups in total. The summed E-state index contributed by atoms with van der Waals surface area (Å²) in [5.41, 5.74) is -2.08. The highest BCUT2D eigenvalue weighted by Gasteiger charge is 2.60. The van der Waals surface area contributed by atoms with Gasteiger partial charge in [-0.3, -0.25) is 0 Å². The zero-order valence-electron chi connectivity index (χ0n) is 22.5. The first-order valence-corrected chi connectivity index (χ1v) is 12.2. The molecule has 0 rings (SSSR count). The standard InChI is InChI=1S/C26H54O4/c1-13-15-16-17-18-19-21-25(27-12,20-14-2)26(28-22(3,4)5,29-23(6,7)8)30-24(9,10)11/h13-21H2,1-12H3. The predicted molar refractivity (Wildman–Crippen MR) is 128 cm³/mol. The molecule has 0 aromatic rings. The molecular weight excluding hydrogens is 376 g/mol. The molecule has 0 bridgehead atoms. The van der Waals surface area contributed by atoms with Crippen molar-refractivity contribution in [2.45, 2.75) is 162 Å². The van der Waals surface area contributed by atoms with Crippen molar-refractivity contribution in [3.63, 3.8) is 0 Å². The zero-order chi connectivity index (χ0) is 23.7. The Kier molecular flexibility index (Phi) is 12.1. The molecule has 0 heterocycles. The van der Waals surface area contributed by atoms with E-state index in [2.05, 4.69) is 76.2 Å². The minimum Gasteiger partial charge on any atom is -0.370 e. The second-order valence-electron chi connectivity index (χ2n) is 11.7. The van der Waals surface area contributed by atoms with Crippen LogP contribution in [0.25, 0.3) is 0 Å². The van der Waals surface area contributed by atoms with Crippen molar-refractivity contribution in [1.82, 2.24) is 0 Å². The first kappa shape index (κ1) is 29.8. The normalized spacial score (nSPS) is 16.0. The van der Waals surface area contributed by atoms with Gasteiger partial charge in [0.05, 0.1) is 16.8 Å². The molecule has 0 aromatic heterocycles. The Morgan fingerprint density at radius 3 is 1.23 bits per heavy atom. The van der Waals surface area contributed by atoms with Gasteiger partial charge in [-0.25, -0.2) is 0 Å². The summed E-state index contributed by atoms with van der Waals surface area (Å²) in [4.78, 5) is 0. The lowest BCUT2D eigenvalue weighted by atomic mass is 9.86. The highest BCUT2D eigenvalue weighted by atomic mass is 16.9. The molecule has 0 saturated carbocycles. The second-order valence-corrected chi connectivity index (χ2v) is 11.7. The van der Waals surface area contributed by atoms with Crippen molar-refractivity contribution < 1.29 is 18.9 Å². The third kappa shape index (κ3) is 10.9. The van der Waals surface area contributed by atoms with Crippen molar-refractivity contribution in [1.29, 1.82) is 0 Å². The number of hydrogen-bond donors (Lipinski definition) is 0. The average Bonchev–Trinajstić information content (AvgIpc) is 2.51. The molecule has 0 spiro atoms. The van der Waals surface area contributed by atoms with Crippen LogP contribution >= 0.6 is 0 Å². The summed E-state index contributed by atoms with van der Waals surface area (Å²) < 4.78 is 26.5. The van der Waals surface area contributed by atoms with E-state index in [1.54, 1.807) is 7.11 Å². The Bertz CT molecular complexity index is 412. The fraction of sp³-hybridized carbons (Fsp3) is 1.00. The molecule has 4 heteroatoms. The molecule has 182 valence electrons. The molecule has 1 atom stereocenters. The Hall–Kier alpha value is -0.160. The molecule has 4 nitrogen and oxygen atoms in total. The highest BCUT2D eigenvalue weighted by Crippen LogP contribution is 2.46. The quantitative estimate of drug-likeness (QED) is 0.206. The third-order valence-electron chi connectivity index (χ3n) is 4.86. The minimum absolute atomic E-state index is 0.463. The number of rotatable bonds is 14. The van der Waals surface area contributed by atoms with Gasteiger partial charge in [0.15, 0.2) is 0 Å². The summed E-state index contributed by atoms with van der Waals surface area (Å²) >= 11 is 0. The van der Waals surface area contributed by atoms with Crippen molar-refractivity contribution >= 4 is 0 Å². The van der Waals surface area contributed by atoms with Gasteiger partial charge < -0.3 is 18.9 Å². The molecule has 0 aliphatic carbocycles. The van der Waals surface area contributed by atoms with Gasteiger partial charge in [-0.1, -0.05) is 58.8 Å². The SMILES string of the molecule is CCCCCCCCC(CCC)(OC)C(OC(C)(C)C)(OC(C)(C)C)OC(C)(C)C. The fourth-order valence-corrected chi connectivity index (χ4v) is 3.91. The monoisotopic (exact) mass is 430 g/mol. The van der Waals surface area contributed by atoms with Gasteiger partial charge in [-0.2, -0.15) is 0 Å². The summed E-state index contributed by atoms with van der Waals surface area (Å²) in [6, 6.07) is 0. The van der Waals surface area contributed by atoms with Gasteiger partial charge in [-0.05, 0) is 75.2 Å². The lowest BCUT2D eigenvalue weighted by Crippen LogP contribution is -2.66.